The molecule has 0 amide bonds. The number of ether oxygens (including phenoxy) is 1. The third kappa shape index (κ3) is 0.764. The lowest BCUT2D eigenvalue weighted by atomic mass is 9.92. The minimum atomic E-state index is 0.137. The molecule has 10 heavy (non-hydrogen) atoms. The third-order valence-corrected chi connectivity index (χ3v) is 1.89. The van der Waals surface area contributed by atoms with E-state index in [1.807, 2.05) is 12.2 Å². The van der Waals surface area contributed by atoms with E-state index in [4.69, 9.17) is 4.74 Å². The first kappa shape index (κ1) is 5.71. The maximum atomic E-state index is 10.8. The Morgan fingerprint density at radius 2 is 2.40 bits per heavy atom. The smallest absolute Gasteiger partial charge is 0.156 e. The largest absolute Gasteiger partial charge is 0.494 e. The van der Waals surface area contributed by atoms with Gasteiger partial charge in [0.2, 0.25) is 0 Å². The molecule has 1 aliphatic carbocycles. The van der Waals surface area contributed by atoms with Crippen molar-refractivity contribution in [2.45, 2.75) is 12.5 Å². The Labute approximate surface area is 59.2 Å². The average Bonchev–Trinajstić information content (AvgIpc) is 2.33. The zero-order valence-corrected chi connectivity index (χ0v) is 5.49. The van der Waals surface area contributed by atoms with Crippen molar-refractivity contribution in [3.63, 3.8) is 0 Å². The summed E-state index contributed by atoms with van der Waals surface area (Å²) in [4.78, 5) is 10.8. The molecule has 0 fully saturated rings. The van der Waals surface area contributed by atoms with E-state index >= 15 is 0 Å². The fourth-order valence-corrected chi connectivity index (χ4v) is 1.32. The Kier molecular flexibility index (Phi) is 1.13. The maximum absolute atomic E-state index is 10.8. The second-order valence-electron chi connectivity index (χ2n) is 2.62. The molecule has 0 radical (unpaired) electrons. The minimum Gasteiger partial charge on any atom is -0.494 e. The maximum Gasteiger partial charge on any atom is 0.156 e. The molecule has 2 aliphatic rings. The van der Waals surface area contributed by atoms with E-state index in [2.05, 4.69) is 0 Å². The molecule has 1 aliphatic heterocycles. The van der Waals surface area contributed by atoms with Crippen molar-refractivity contribution < 1.29 is 9.53 Å². The number of hydrogen-bond acceptors (Lipinski definition) is 2. The van der Waals surface area contributed by atoms with Crippen molar-refractivity contribution in [1.82, 2.24) is 0 Å². The van der Waals surface area contributed by atoms with Gasteiger partial charge >= 0.3 is 0 Å². The first-order valence-corrected chi connectivity index (χ1v) is 3.39. The van der Waals surface area contributed by atoms with E-state index in [1.54, 1.807) is 12.3 Å². The van der Waals surface area contributed by atoms with Gasteiger partial charge in [-0.05, 0) is 18.2 Å². The quantitative estimate of drug-likeness (QED) is 0.497. The number of fused-ring (bicyclic) bond motifs is 1. The van der Waals surface area contributed by atoms with Gasteiger partial charge in [-0.2, -0.15) is 0 Å². The normalized spacial score (nSPS) is 35.8. The van der Waals surface area contributed by atoms with Gasteiger partial charge in [0.1, 0.15) is 6.10 Å². The van der Waals surface area contributed by atoms with Gasteiger partial charge in [-0.25, -0.2) is 0 Å². The molecule has 0 aromatic rings. The monoisotopic (exact) mass is 136 g/mol. The molecule has 2 nitrogen and oxygen atoms in total. The van der Waals surface area contributed by atoms with Crippen molar-refractivity contribution in [3.8, 4) is 0 Å². The predicted octanol–water partition coefficient (Wildman–Crippen LogP) is 1.04. The summed E-state index contributed by atoms with van der Waals surface area (Å²) in [5, 5.41) is 0. The second-order valence-corrected chi connectivity index (χ2v) is 2.62. The van der Waals surface area contributed by atoms with Crippen molar-refractivity contribution in [2.75, 3.05) is 0 Å². The van der Waals surface area contributed by atoms with Crippen molar-refractivity contribution in [2.24, 2.45) is 5.92 Å². The third-order valence-electron chi connectivity index (χ3n) is 1.89. The van der Waals surface area contributed by atoms with Gasteiger partial charge in [0, 0.05) is 12.3 Å². The summed E-state index contributed by atoms with van der Waals surface area (Å²) in [6.45, 7) is 0. The zero-order valence-electron chi connectivity index (χ0n) is 5.49. The first-order valence-electron chi connectivity index (χ1n) is 3.39. The Hall–Kier alpha value is -1.05. The highest BCUT2D eigenvalue weighted by Gasteiger charge is 2.27. The molecule has 2 heteroatoms. The Morgan fingerprint density at radius 1 is 1.50 bits per heavy atom. The van der Waals surface area contributed by atoms with E-state index < -0.39 is 0 Å². The van der Waals surface area contributed by atoms with E-state index in [1.165, 1.54) is 0 Å². The van der Waals surface area contributed by atoms with Gasteiger partial charge in [-0.15, -0.1) is 0 Å². The summed E-state index contributed by atoms with van der Waals surface area (Å²) in [5.74, 6) is 0.508. The van der Waals surface area contributed by atoms with Crippen LogP contribution in [-0.2, 0) is 9.53 Å². The molecule has 0 aromatic heterocycles. The Balaban J connectivity index is 2.22. The number of rotatable bonds is 0. The van der Waals surface area contributed by atoms with Crippen LogP contribution in [0.2, 0.25) is 0 Å². The zero-order chi connectivity index (χ0) is 6.97. The van der Waals surface area contributed by atoms with Crippen LogP contribution in [0.25, 0.3) is 0 Å². The van der Waals surface area contributed by atoms with E-state index in [9.17, 15) is 4.79 Å². The van der Waals surface area contributed by atoms with Crippen LogP contribution < -0.4 is 0 Å². The molecular weight excluding hydrogens is 128 g/mol. The lowest BCUT2D eigenvalue weighted by Gasteiger charge is -2.16. The van der Waals surface area contributed by atoms with Crippen LogP contribution in [0.15, 0.2) is 24.5 Å². The molecule has 0 bridgehead atoms. The highest BCUT2D eigenvalue weighted by Crippen LogP contribution is 2.25. The molecule has 2 atom stereocenters. The van der Waals surface area contributed by atoms with Crippen LogP contribution in [0.5, 0.6) is 0 Å². The number of allylic oxidation sites excluding steroid dienone is 1. The molecule has 0 N–H and O–H groups in total. The van der Waals surface area contributed by atoms with Gasteiger partial charge in [-0.3, -0.25) is 4.79 Å². The minimum absolute atomic E-state index is 0.137. The summed E-state index contributed by atoms with van der Waals surface area (Å²) in [5.41, 5.74) is 0. The molecule has 0 saturated carbocycles. The second kappa shape index (κ2) is 1.97. The van der Waals surface area contributed by atoms with Gasteiger partial charge in [0.15, 0.2) is 5.78 Å². The summed E-state index contributed by atoms with van der Waals surface area (Å²) in [6, 6.07) is 0. The summed E-state index contributed by atoms with van der Waals surface area (Å²) in [6.07, 6.45) is 7.81. The number of carbonyl (C=O) groups is 1. The lowest BCUT2D eigenvalue weighted by Crippen LogP contribution is -2.20. The van der Waals surface area contributed by atoms with Crippen molar-refractivity contribution in [1.29, 1.82) is 0 Å². The summed E-state index contributed by atoms with van der Waals surface area (Å²) < 4.78 is 5.19. The van der Waals surface area contributed by atoms with Crippen LogP contribution in [0, 0.1) is 5.92 Å². The van der Waals surface area contributed by atoms with Crippen LogP contribution in [0.3, 0.4) is 0 Å². The van der Waals surface area contributed by atoms with Gasteiger partial charge in [-0.1, -0.05) is 0 Å². The van der Waals surface area contributed by atoms with Crippen LogP contribution >= 0.6 is 0 Å². The van der Waals surface area contributed by atoms with Gasteiger partial charge in [0.05, 0.1) is 6.26 Å². The highest BCUT2D eigenvalue weighted by molar-refractivity contribution is 5.91. The summed E-state index contributed by atoms with van der Waals surface area (Å²) in [7, 11) is 0. The number of hydrogen-bond donors (Lipinski definition) is 0. The van der Waals surface area contributed by atoms with Crippen molar-refractivity contribution >= 4 is 5.78 Å². The highest BCUT2D eigenvalue weighted by atomic mass is 16.5. The van der Waals surface area contributed by atoms with Gasteiger partial charge in [0.25, 0.3) is 0 Å². The summed E-state index contributed by atoms with van der Waals surface area (Å²) >= 11 is 0. The molecular formula is C8H8O2. The average molecular weight is 136 g/mol. The van der Waals surface area contributed by atoms with Crippen LogP contribution in [-0.4, -0.2) is 11.9 Å². The molecule has 0 saturated heterocycles. The predicted molar refractivity (Wildman–Crippen MR) is 36.3 cm³/mol. The Morgan fingerprint density at radius 3 is 3.30 bits per heavy atom. The van der Waals surface area contributed by atoms with Gasteiger partial charge < -0.3 is 4.74 Å². The van der Waals surface area contributed by atoms with Crippen molar-refractivity contribution in [3.05, 3.63) is 24.5 Å². The van der Waals surface area contributed by atoms with E-state index in [0.717, 1.165) is 0 Å². The molecule has 2 unspecified atom stereocenters. The van der Waals surface area contributed by atoms with E-state index in [0.29, 0.717) is 12.3 Å². The topological polar surface area (TPSA) is 26.3 Å². The molecule has 0 aromatic carbocycles. The fraction of sp³-hybridized carbons (Fsp3) is 0.375. The number of ketones is 1. The number of carbonyl (C=O) groups excluding carboxylic acids is 1. The fourth-order valence-electron chi connectivity index (χ4n) is 1.32. The van der Waals surface area contributed by atoms with Crippen LogP contribution in [0.1, 0.15) is 6.42 Å². The molecule has 2 rings (SSSR count). The Bertz CT molecular complexity index is 215. The lowest BCUT2D eigenvalue weighted by molar-refractivity contribution is -0.116. The SMILES string of the molecule is O=C1C=CC2OC=CC2C1. The van der Waals surface area contributed by atoms with E-state index in [-0.39, 0.29) is 11.9 Å². The molecule has 1 heterocycles. The molecule has 52 valence electrons. The first-order chi connectivity index (χ1) is 4.86. The van der Waals surface area contributed by atoms with Crippen LogP contribution in [0.4, 0.5) is 0 Å². The molecule has 0 spiro atoms. The standard InChI is InChI=1S/C8H8O2/c9-7-1-2-8-6(5-7)3-4-10-8/h1-4,6,8H,5H2.